The van der Waals surface area contributed by atoms with E-state index in [0.717, 1.165) is 59.3 Å². The average Bonchev–Trinajstić information content (AvgIpc) is 3.69. The van der Waals surface area contributed by atoms with Gasteiger partial charge in [0.05, 0.1) is 11.8 Å². The third kappa shape index (κ3) is 3.38. The number of anilines is 2. The number of aromatic nitrogens is 6. The molecule has 172 valence electrons. The van der Waals surface area contributed by atoms with Gasteiger partial charge in [0.25, 0.3) is 5.91 Å². The number of carbonyl (C=O) groups is 1. The number of nitrogens with one attached hydrogen (secondary N) is 1. The van der Waals surface area contributed by atoms with Gasteiger partial charge in [-0.3, -0.25) is 4.79 Å². The van der Waals surface area contributed by atoms with E-state index in [1.807, 2.05) is 22.2 Å². The largest absolute Gasteiger partial charge is 0.333 e. The Bertz CT molecular complexity index is 1360. The van der Waals surface area contributed by atoms with Gasteiger partial charge in [0, 0.05) is 48.5 Å². The van der Waals surface area contributed by atoms with Crippen molar-refractivity contribution >= 4 is 50.5 Å². The minimum Gasteiger partial charge on any atom is -0.333 e. The summed E-state index contributed by atoms with van der Waals surface area (Å²) in [5.74, 6) is 1.84. The molecule has 0 bridgehead atoms. The van der Waals surface area contributed by atoms with Gasteiger partial charge >= 0.3 is 0 Å². The van der Waals surface area contributed by atoms with E-state index >= 15 is 0 Å². The minimum atomic E-state index is 0.135. The van der Waals surface area contributed by atoms with Gasteiger partial charge in [-0.2, -0.15) is 4.37 Å². The summed E-state index contributed by atoms with van der Waals surface area (Å²) in [6.07, 6.45) is 6.27. The fourth-order valence-corrected chi connectivity index (χ4v) is 5.30. The molecule has 0 spiro atoms. The number of imidazole rings is 1. The Labute approximate surface area is 196 Å². The molecule has 33 heavy (non-hydrogen) atoms. The highest BCUT2D eigenvalue weighted by molar-refractivity contribution is 7.09. The Hall–Kier alpha value is -3.01. The first-order chi connectivity index (χ1) is 16.0. The van der Waals surface area contributed by atoms with Crippen molar-refractivity contribution in [3.63, 3.8) is 0 Å². The van der Waals surface area contributed by atoms with E-state index in [0.29, 0.717) is 29.6 Å². The number of hydrogen-bond donors (Lipinski definition) is 1. The summed E-state index contributed by atoms with van der Waals surface area (Å²) in [5.41, 5.74) is 3.23. The SMILES string of the molecule is CCn1c(C(=O)N(C2CC2)C2CC2)cc2c3c(ncn3C)c(Nc3nc(C(C)C)ns3)nc21. The Balaban J connectivity index is 1.49. The normalized spacial score (nSPS) is 16.3. The lowest BCUT2D eigenvalue weighted by Gasteiger charge is -2.22. The molecule has 10 heteroatoms. The molecule has 0 saturated heterocycles. The molecule has 2 saturated carbocycles. The molecule has 2 aliphatic carbocycles. The van der Waals surface area contributed by atoms with Crippen molar-refractivity contribution in [1.29, 1.82) is 0 Å². The maximum atomic E-state index is 13.7. The van der Waals surface area contributed by atoms with Crippen LogP contribution in [0.15, 0.2) is 12.4 Å². The number of carbonyl (C=O) groups excluding carboxylic acids is 1. The second-order valence-corrected chi connectivity index (χ2v) is 10.2. The van der Waals surface area contributed by atoms with Crippen LogP contribution in [0.3, 0.4) is 0 Å². The summed E-state index contributed by atoms with van der Waals surface area (Å²) in [5, 5.41) is 4.99. The molecule has 2 aliphatic rings. The van der Waals surface area contributed by atoms with Gasteiger partial charge in [-0.05, 0) is 38.7 Å². The molecule has 9 nitrogen and oxygen atoms in total. The number of fused-ring (bicyclic) bond motifs is 3. The predicted octanol–water partition coefficient (Wildman–Crippen LogP) is 4.43. The van der Waals surface area contributed by atoms with Crippen molar-refractivity contribution in [2.45, 2.75) is 71.0 Å². The first-order valence-electron chi connectivity index (χ1n) is 11.7. The second kappa shape index (κ2) is 7.51. The summed E-state index contributed by atoms with van der Waals surface area (Å²) >= 11 is 1.32. The second-order valence-electron chi connectivity index (χ2n) is 9.44. The molecule has 6 rings (SSSR count). The van der Waals surface area contributed by atoms with E-state index in [1.54, 1.807) is 6.33 Å². The Kier molecular flexibility index (Phi) is 4.69. The highest BCUT2D eigenvalue weighted by Gasteiger charge is 2.43. The van der Waals surface area contributed by atoms with Crippen LogP contribution in [0.5, 0.6) is 0 Å². The first kappa shape index (κ1) is 20.6. The maximum Gasteiger partial charge on any atom is 0.271 e. The zero-order valence-electron chi connectivity index (χ0n) is 19.4. The molecule has 4 heterocycles. The zero-order valence-corrected chi connectivity index (χ0v) is 20.2. The van der Waals surface area contributed by atoms with Crippen molar-refractivity contribution in [2.24, 2.45) is 7.05 Å². The number of aryl methyl sites for hydroxylation is 2. The summed E-state index contributed by atoms with van der Waals surface area (Å²) < 4.78 is 8.49. The third-order valence-corrected chi connectivity index (χ3v) is 7.18. The lowest BCUT2D eigenvalue weighted by atomic mass is 10.2. The van der Waals surface area contributed by atoms with Crippen LogP contribution in [0, 0.1) is 0 Å². The van der Waals surface area contributed by atoms with Crippen LogP contribution in [0.4, 0.5) is 10.9 Å². The Morgan fingerprint density at radius 2 is 1.97 bits per heavy atom. The molecule has 0 aliphatic heterocycles. The Morgan fingerprint density at radius 1 is 1.24 bits per heavy atom. The monoisotopic (exact) mass is 464 g/mol. The molecular formula is C23H28N8OS. The lowest BCUT2D eigenvalue weighted by Crippen LogP contribution is -2.36. The zero-order chi connectivity index (χ0) is 22.9. The number of amides is 1. The number of rotatable bonds is 7. The van der Waals surface area contributed by atoms with Gasteiger partial charge < -0.3 is 19.4 Å². The van der Waals surface area contributed by atoms with Crippen LogP contribution in [-0.2, 0) is 13.6 Å². The summed E-state index contributed by atoms with van der Waals surface area (Å²) in [6.45, 7) is 6.88. The molecule has 1 N–H and O–H groups in total. The highest BCUT2D eigenvalue weighted by Crippen LogP contribution is 2.39. The van der Waals surface area contributed by atoms with Gasteiger partial charge in [-0.1, -0.05) is 13.8 Å². The van der Waals surface area contributed by atoms with Crippen LogP contribution in [0.1, 0.15) is 68.7 Å². The number of hydrogen-bond acceptors (Lipinski definition) is 7. The molecule has 1 amide bonds. The predicted molar refractivity (Wildman–Crippen MR) is 129 cm³/mol. The smallest absolute Gasteiger partial charge is 0.271 e. The average molecular weight is 465 g/mol. The van der Waals surface area contributed by atoms with Crippen LogP contribution in [-0.4, -0.2) is 51.4 Å². The summed E-state index contributed by atoms with van der Waals surface area (Å²) in [7, 11) is 1.98. The van der Waals surface area contributed by atoms with E-state index in [4.69, 9.17) is 4.98 Å². The molecule has 4 aromatic heterocycles. The lowest BCUT2D eigenvalue weighted by molar-refractivity contribution is 0.0719. The van der Waals surface area contributed by atoms with E-state index in [9.17, 15) is 4.79 Å². The number of pyridine rings is 1. The van der Waals surface area contributed by atoms with Gasteiger partial charge in [0.15, 0.2) is 5.82 Å². The van der Waals surface area contributed by atoms with Crippen molar-refractivity contribution in [1.82, 2.24) is 33.4 Å². The fourth-order valence-electron chi connectivity index (χ4n) is 4.59. The van der Waals surface area contributed by atoms with Gasteiger partial charge in [-0.15, -0.1) is 0 Å². The standard InChI is InChI=1S/C23H28N8OS/c1-5-30-16(22(32)31(13-6-7-13)14-8-9-14)10-15-18-17(24-11-29(18)4)20(25-21(15)30)27-23-26-19(12(2)3)28-33-23/h10-14H,5-9H2,1-4H3,(H,25,26,27,28). The summed E-state index contributed by atoms with van der Waals surface area (Å²) in [4.78, 5) is 30.0. The quantitative estimate of drug-likeness (QED) is 0.435. The van der Waals surface area contributed by atoms with E-state index in [1.165, 1.54) is 11.5 Å². The van der Waals surface area contributed by atoms with Crippen LogP contribution >= 0.6 is 11.5 Å². The van der Waals surface area contributed by atoms with Crippen molar-refractivity contribution in [3.8, 4) is 0 Å². The molecule has 4 aromatic rings. The maximum absolute atomic E-state index is 13.7. The molecule has 0 unspecified atom stereocenters. The van der Waals surface area contributed by atoms with Crippen LogP contribution in [0.2, 0.25) is 0 Å². The summed E-state index contributed by atoms with van der Waals surface area (Å²) in [6, 6.07) is 2.83. The van der Waals surface area contributed by atoms with Crippen molar-refractivity contribution in [2.75, 3.05) is 5.32 Å². The van der Waals surface area contributed by atoms with Crippen LogP contribution in [0.25, 0.3) is 22.1 Å². The molecular weight excluding hydrogens is 436 g/mol. The van der Waals surface area contributed by atoms with Gasteiger partial charge in [0.2, 0.25) is 5.13 Å². The molecule has 0 atom stereocenters. The fraction of sp³-hybridized carbons (Fsp3) is 0.522. The third-order valence-electron chi connectivity index (χ3n) is 6.54. The number of nitrogens with zero attached hydrogens (tertiary/aromatic N) is 7. The van der Waals surface area contributed by atoms with Crippen molar-refractivity contribution < 1.29 is 4.79 Å². The first-order valence-corrected chi connectivity index (χ1v) is 12.5. The molecule has 0 radical (unpaired) electrons. The van der Waals surface area contributed by atoms with Crippen LogP contribution < -0.4 is 5.32 Å². The van der Waals surface area contributed by atoms with E-state index in [2.05, 4.69) is 45.3 Å². The topological polar surface area (TPSA) is 93.8 Å². The van der Waals surface area contributed by atoms with E-state index < -0.39 is 0 Å². The van der Waals surface area contributed by atoms with Crippen molar-refractivity contribution in [3.05, 3.63) is 23.9 Å². The highest BCUT2D eigenvalue weighted by atomic mass is 32.1. The van der Waals surface area contributed by atoms with Gasteiger partial charge in [0.1, 0.15) is 22.7 Å². The molecule has 0 aromatic carbocycles. The van der Waals surface area contributed by atoms with E-state index in [-0.39, 0.29) is 11.8 Å². The van der Waals surface area contributed by atoms with Gasteiger partial charge in [-0.25, -0.2) is 15.0 Å². The minimum absolute atomic E-state index is 0.135. The Morgan fingerprint density at radius 3 is 2.58 bits per heavy atom. The molecule has 2 fully saturated rings.